The maximum absolute atomic E-state index is 14.0. The maximum atomic E-state index is 14.0. The third-order valence-electron chi connectivity index (χ3n) is 4.74. The second-order valence-electron chi connectivity index (χ2n) is 6.69. The summed E-state index contributed by atoms with van der Waals surface area (Å²) in [6, 6.07) is 7.08. The standard InChI is InChI=1S/C20H16F5N3OS/c21-15-12(16(22)18(24)19(25)17(15)23)10-30-20-11-3-1-2-4-13(11)26-14(27-20)9-28-5-7-29-8-6-28/h1-4H,5-10H2. The Balaban J connectivity index is 1.65. The Hall–Kier alpha value is -2.30. The second kappa shape index (κ2) is 8.83. The highest BCUT2D eigenvalue weighted by Crippen LogP contribution is 2.32. The Morgan fingerprint density at radius 3 is 2.20 bits per heavy atom. The average molecular weight is 441 g/mol. The Bertz CT molecular complexity index is 1060. The highest BCUT2D eigenvalue weighted by Gasteiger charge is 2.26. The molecule has 4 nitrogen and oxygen atoms in total. The van der Waals surface area contributed by atoms with Gasteiger partial charge in [0.15, 0.2) is 23.3 Å². The zero-order valence-corrected chi connectivity index (χ0v) is 16.4. The molecule has 0 radical (unpaired) electrons. The molecule has 3 aromatic rings. The van der Waals surface area contributed by atoms with Gasteiger partial charge in [-0.3, -0.25) is 4.90 Å². The Labute approximate surface area is 173 Å². The van der Waals surface area contributed by atoms with E-state index in [0.717, 1.165) is 24.9 Å². The predicted octanol–water partition coefficient (Wildman–Crippen LogP) is 4.45. The van der Waals surface area contributed by atoms with E-state index in [0.29, 0.717) is 41.5 Å². The lowest BCUT2D eigenvalue weighted by molar-refractivity contribution is 0.0330. The number of benzene rings is 2. The minimum Gasteiger partial charge on any atom is -0.379 e. The minimum atomic E-state index is -2.17. The van der Waals surface area contributed by atoms with Crippen LogP contribution in [0.2, 0.25) is 0 Å². The van der Waals surface area contributed by atoms with Gasteiger partial charge in [0.1, 0.15) is 10.9 Å². The molecular formula is C20H16F5N3OS. The van der Waals surface area contributed by atoms with Crippen molar-refractivity contribution in [1.29, 1.82) is 0 Å². The van der Waals surface area contributed by atoms with Gasteiger partial charge in [0.2, 0.25) is 5.82 Å². The van der Waals surface area contributed by atoms with E-state index in [1.807, 2.05) is 0 Å². The smallest absolute Gasteiger partial charge is 0.200 e. The van der Waals surface area contributed by atoms with E-state index in [9.17, 15) is 22.0 Å². The minimum absolute atomic E-state index is 0.410. The molecule has 0 saturated carbocycles. The largest absolute Gasteiger partial charge is 0.379 e. The number of hydrogen-bond acceptors (Lipinski definition) is 5. The molecule has 0 bridgehead atoms. The number of morpholine rings is 1. The first kappa shape index (κ1) is 21.0. The van der Waals surface area contributed by atoms with Crippen molar-refractivity contribution in [3.63, 3.8) is 0 Å². The molecule has 30 heavy (non-hydrogen) atoms. The van der Waals surface area contributed by atoms with Crippen LogP contribution in [0.1, 0.15) is 11.4 Å². The number of thioether (sulfide) groups is 1. The summed E-state index contributed by atoms with van der Waals surface area (Å²) < 4.78 is 73.6. The van der Waals surface area contributed by atoms with Crippen molar-refractivity contribution in [2.75, 3.05) is 26.3 Å². The average Bonchev–Trinajstić information content (AvgIpc) is 2.77. The number of hydrogen-bond donors (Lipinski definition) is 0. The summed E-state index contributed by atoms with van der Waals surface area (Å²) in [5.41, 5.74) is -0.246. The fourth-order valence-electron chi connectivity index (χ4n) is 3.15. The van der Waals surface area contributed by atoms with Gasteiger partial charge in [0.25, 0.3) is 0 Å². The lowest BCUT2D eigenvalue weighted by atomic mass is 10.2. The molecule has 0 aliphatic carbocycles. The Morgan fingerprint density at radius 2 is 1.50 bits per heavy atom. The molecule has 158 valence electrons. The van der Waals surface area contributed by atoms with E-state index in [1.54, 1.807) is 24.3 Å². The quantitative estimate of drug-likeness (QED) is 0.192. The van der Waals surface area contributed by atoms with Crippen molar-refractivity contribution in [3.05, 3.63) is 64.7 Å². The van der Waals surface area contributed by atoms with Gasteiger partial charge in [0, 0.05) is 29.8 Å². The molecule has 10 heteroatoms. The number of halogens is 5. The van der Waals surface area contributed by atoms with Gasteiger partial charge in [-0.25, -0.2) is 31.9 Å². The molecular weight excluding hydrogens is 425 g/mol. The van der Waals surface area contributed by atoms with Crippen LogP contribution in [0, 0.1) is 29.1 Å². The monoisotopic (exact) mass is 441 g/mol. The molecule has 0 spiro atoms. The Kier molecular flexibility index (Phi) is 6.16. The van der Waals surface area contributed by atoms with Crippen LogP contribution in [0.5, 0.6) is 0 Å². The zero-order valence-electron chi connectivity index (χ0n) is 15.6. The summed E-state index contributed by atoms with van der Waals surface area (Å²) in [7, 11) is 0. The highest BCUT2D eigenvalue weighted by molar-refractivity contribution is 7.98. The van der Waals surface area contributed by atoms with Crippen molar-refractivity contribution in [2.24, 2.45) is 0 Å². The molecule has 4 rings (SSSR count). The molecule has 1 aromatic heterocycles. The fourth-order valence-corrected chi connectivity index (χ4v) is 4.18. The molecule has 2 heterocycles. The number of rotatable bonds is 5. The lowest BCUT2D eigenvalue weighted by Gasteiger charge is -2.25. The van der Waals surface area contributed by atoms with Crippen LogP contribution >= 0.6 is 11.8 Å². The van der Waals surface area contributed by atoms with Crippen LogP contribution in [-0.4, -0.2) is 41.2 Å². The van der Waals surface area contributed by atoms with Gasteiger partial charge in [-0.2, -0.15) is 0 Å². The molecule has 1 aliphatic heterocycles. The number of ether oxygens (including phenoxy) is 1. The second-order valence-corrected chi connectivity index (χ2v) is 7.65. The first-order chi connectivity index (χ1) is 14.5. The summed E-state index contributed by atoms with van der Waals surface area (Å²) in [4.78, 5) is 11.1. The van der Waals surface area contributed by atoms with E-state index in [-0.39, 0.29) is 0 Å². The molecule has 0 atom stereocenters. The van der Waals surface area contributed by atoms with Crippen LogP contribution in [0.4, 0.5) is 22.0 Å². The highest BCUT2D eigenvalue weighted by atomic mass is 32.2. The molecule has 1 fully saturated rings. The van der Waals surface area contributed by atoms with Crippen LogP contribution < -0.4 is 0 Å². The van der Waals surface area contributed by atoms with E-state index < -0.39 is 40.4 Å². The molecule has 0 amide bonds. The summed E-state index contributed by atoms with van der Waals surface area (Å²) in [5, 5.41) is 1.05. The third kappa shape index (κ3) is 4.12. The van der Waals surface area contributed by atoms with E-state index in [4.69, 9.17) is 4.74 Å². The molecule has 1 saturated heterocycles. The van der Waals surface area contributed by atoms with Crippen LogP contribution in [0.3, 0.4) is 0 Å². The fraction of sp³-hybridized carbons (Fsp3) is 0.300. The number of nitrogens with zero attached hydrogens (tertiary/aromatic N) is 3. The van der Waals surface area contributed by atoms with Gasteiger partial charge < -0.3 is 4.74 Å². The normalized spacial score (nSPS) is 15.1. The number of aromatic nitrogens is 2. The van der Waals surface area contributed by atoms with Crippen LogP contribution in [0.25, 0.3) is 10.9 Å². The summed E-state index contributed by atoms with van der Waals surface area (Å²) in [5.74, 6) is -9.69. The molecule has 1 aliphatic rings. The van der Waals surface area contributed by atoms with E-state index >= 15 is 0 Å². The number of fused-ring (bicyclic) bond motifs is 1. The van der Waals surface area contributed by atoms with Gasteiger partial charge in [-0.05, 0) is 6.07 Å². The van der Waals surface area contributed by atoms with Crippen LogP contribution in [0.15, 0.2) is 29.3 Å². The summed E-state index contributed by atoms with van der Waals surface area (Å²) >= 11 is 0.901. The van der Waals surface area contributed by atoms with Gasteiger partial charge in [-0.1, -0.05) is 18.2 Å². The lowest BCUT2D eigenvalue weighted by Crippen LogP contribution is -2.36. The zero-order chi connectivity index (χ0) is 21.3. The predicted molar refractivity (Wildman–Crippen MR) is 101 cm³/mol. The summed E-state index contributed by atoms with van der Waals surface area (Å²) in [6.07, 6.45) is 0. The molecule has 0 N–H and O–H groups in total. The van der Waals surface area contributed by atoms with Crippen molar-refractivity contribution in [1.82, 2.24) is 14.9 Å². The van der Waals surface area contributed by atoms with E-state index in [1.165, 1.54) is 0 Å². The Morgan fingerprint density at radius 1 is 0.867 bits per heavy atom. The maximum Gasteiger partial charge on any atom is 0.200 e. The van der Waals surface area contributed by atoms with Crippen molar-refractivity contribution in [3.8, 4) is 0 Å². The van der Waals surface area contributed by atoms with Gasteiger partial charge >= 0.3 is 0 Å². The van der Waals surface area contributed by atoms with Gasteiger partial charge in [-0.15, -0.1) is 11.8 Å². The van der Waals surface area contributed by atoms with Crippen molar-refractivity contribution in [2.45, 2.75) is 17.3 Å². The first-order valence-corrected chi connectivity index (χ1v) is 10.1. The van der Waals surface area contributed by atoms with Crippen molar-refractivity contribution < 1.29 is 26.7 Å². The first-order valence-electron chi connectivity index (χ1n) is 9.14. The topological polar surface area (TPSA) is 38.2 Å². The number of para-hydroxylation sites is 1. The molecule has 0 unspecified atom stereocenters. The van der Waals surface area contributed by atoms with Gasteiger partial charge in [0.05, 0.1) is 25.3 Å². The third-order valence-corrected chi connectivity index (χ3v) is 5.75. The van der Waals surface area contributed by atoms with Crippen LogP contribution in [-0.2, 0) is 17.0 Å². The molecule has 2 aromatic carbocycles. The SMILES string of the molecule is Fc1c(F)c(F)c(CSc2nc(CN3CCOCC3)nc3ccccc23)c(F)c1F. The summed E-state index contributed by atoms with van der Waals surface area (Å²) in [6.45, 7) is 3.13. The van der Waals surface area contributed by atoms with E-state index in [2.05, 4.69) is 14.9 Å². The van der Waals surface area contributed by atoms with Crippen molar-refractivity contribution >= 4 is 22.7 Å².